The summed E-state index contributed by atoms with van der Waals surface area (Å²) in [6.45, 7) is 6.06. The van der Waals surface area contributed by atoms with Crippen LogP contribution in [0.2, 0.25) is 0 Å². The second-order valence-corrected chi connectivity index (χ2v) is 10.2. The molecule has 11 heteroatoms. The lowest BCUT2D eigenvalue weighted by molar-refractivity contribution is -0.169. The third-order valence-corrected chi connectivity index (χ3v) is 7.32. The van der Waals surface area contributed by atoms with Gasteiger partial charge in [-0.1, -0.05) is 29.8 Å². The van der Waals surface area contributed by atoms with Crippen LogP contribution in [0.25, 0.3) is 11.5 Å². The summed E-state index contributed by atoms with van der Waals surface area (Å²) in [5.74, 6) is 1.06. The molecule has 0 atom stereocenters. The SMILES string of the molecule is CC(=O)ON(Cc1ccc(OCc2nc(-c3ccc(C)cc3)oc2C)cc1)S(=O)(=O)N1CCOCC1. The lowest BCUT2D eigenvalue weighted by Crippen LogP contribution is -2.48. The summed E-state index contributed by atoms with van der Waals surface area (Å²) < 4.78 is 44.8. The van der Waals surface area contributed by atoms with Gasteiger partial charge < -0.3 is 18.7 Å². The molecule has 3 aromatic rings. The highest BCUT2D eigenvalue weighted by atomic mass is 32.2. The van der Waals surface area contributed by atoms with Gasteiger partial charge in [-0.25, -0.2) is 4.98 Å². The van der Waals surface area contributed by atoms with Crippen molar-refractivity contribution in [3.05, 3.63) is 71.1 Å². The van der Waals surface area contributed by atoms with Gasteiger partial charge in [0.1, 0.15) is 23.8 Å². The van der Waals surface area contributed by atoms with Crippen LogP contribution in [0.5, 0.6) is 5.75 Å². The van der Waals surface area contributed by atoms with E-state index < -0.39 is 16.2 Å². The van der Waals surface area contributed by atoms with Crippen molar-refractivity contribution in [1.82, 2.24) is 13.8 Å². The van der Waals surface area contributed by atoms with Crippen molar-refractivity contribution in [2.24, 2.45) is 0 Å². The highest BCUT2D eigenvalue weighted by Crippen LogP contribution is 2.24. The molecule has 1 saturated heterocycles. The monoisotopic (exact) mass is 515 g/mol. The summed E-state index contributed by atoms with van der Waals surface area (Å²) in [6, 6.07) is 14.8. The highest BCUT2D eigenvalue weighted by Gasteiger charge is 2.33. The molecular weight excluding hydrogens is 486 g/mol. The summed E-state index contributed by atoms with van der Waals surface area (Å²) in [4.78, 5) is 21.2. The molecule has 1 fully saturated rings. The number of hydroxylamine groups is 1. The number of carbonyl (C=O) groups excluding carboxylic acids is 1. The molecular formula is C25H29N3O7S. The Bertz CT molecular complexity index is 1280. The summed E-state index contributed by atoms with van der Waals surface area (Å²) >= 11 is 0. The van der Waals surface area contributed by atoms with E-state index in [0.29, 0.717) is 33.1 Å². The second-order valence-electron chi connectivity index (χ2n) is 8.38. The number of aromatic nitrogens is 1. The number of hydrogen-bond donors (Lipinski definition) is 0. The van der Waals surface area contributed by atoms with E-state index in [4.69, 9.17) is 18.7 Å². The molecule has 0 bridgehead atoms. The van der Waals surface area contributed by atoms with Gasteiger partial charge in [-0.05, 0) is 48.1 Å². The Morgan fingerprint density at radius 3 is 2.36 bits per heavy atom. The van der Waals surface area contributed by atoms with Gasteiger partial charge in [0.25, 0.3) is 0 Å². The smallest absolute Gasteiger partial charge is 0.323 e. The zero-order chi connectivity index (χ0) is 25.7. The molecule has 1 aliphatic heterocycles. The Morgan fingerprint density at radius 1 is 1.06 bits per heavy atom. The Balaban J connectivity index is 1.40. The third-order valence-electron chi connectivity index (χ3n) is 5.59. The third kappa shape index (κ3) is 6.30. The largest absolute Gasteiger partial charge is 0.487 e. The van der Waals surface area contributed by atoms with Crippen LogP contribution in [-0.4, -0.2) is 54.4 Å². The van der Waals surface area contributed by atoms with Gasteiger partial charge in [-0.2, -0.15) is 12.7 Å². The molecule has 10 nitrogen and oxygen atoms in total. The molecule has 2 aromatic carbocycles. The van der Waals surface area contributed by atoms with E-state index in [2.05, 4.69) is 4.98 Å². The highest BCUT2D eigenvalue weighted by molar-refractivity contribution is 7.86. The van der Waals surface area contributed by atoms with E-state index in [1.807, 2.05) is 38.1 Å². The number of hydrogen-bond acceptors (Lipinski definition) is 8. The second kappa shape index (κ2) is 11.2. The summed E-state index contributed by atoms with van der Waals surface area (Å²) in [5, 5.41) is 0. The van der Waals surface area contributed by atoms with Gasteiger partial charge in [-0.15, -0.1) is 0 Å². The fourth-order valence-corrected chi connectivity index (χ4v) is 4.96. The molecule has 0 aliphatic carbocycles. The molecule has 0 unspecified atom stereocenters. The molecule has 0 saturated carbocycles. The van der Waals surface area contributed by atoms with Crippen LogP contribution < -0.4 is 4.74 Å². The summed E-state index contributed by atoms with van der Waals surface area (Å²) in [7, 11) is -4.01. The van der Waals surface area contributed by atoms with Crippen molar-refractivity contribution < 1.29 is 31.9 Å². The fourth-order valence-electron chi connectivity index (χ4n) is 3.58. The van der Waals surface area contributed by atoms with Crippen molar-refractivity contribution in [1.29, 1.82) is 0 Å². The lowest BCUT2D eigenvalue weighted by atomic mass is 10.1. The average molecular weight is 516 g/mol. The molecule has 2 heterocycles. The van der Waals surface area contributed by atoms with Gasteiger partial charge in [0, 0.05) is 25.6 Å². The van der Waals surface area contributed by atoms with Gasteiger partial charge in [0.05, 0.1) is 19.8 Å². The van der Waals surface area contributed by atoms with E-state index >= 15 is 0 Å². The Morgan fingerprint density at radius 2 is 1.72 bits per heavy atom. The van der Waals surface area contributed by atoms with Crippen molar-refractivity contribution in [3.8, 4) is 17.2 Å². The Labute approximate surface area is 210 Å². The molecule has 4 rings (SSSR count). The van der Waals surface area contributed by atoms with Gasteiger partial charge in [-0.3, -0.25) is 4.79 Å². The van der Waals surface area contributed by atoms with Gasteiger partial charge in [0.15, 0.2) is 0 Å². The van der Waals surface area contributed by atoms with E-state index in [1.165, 1.54) is 4.31 Å². The number of rotatable bonds is 9. The number of benzene rings is 2. The van der Waals surface area contributed by atoms with E-state index in [1.54, 1.807) is 24.3 Å². The quantitative estimate of drug-likeness (QED) is 0.399. The molecule has 36 heavy (non-hydrogen) atoms. The minimum atomic E-state index is -4.01. The van der Waals surface area contributed by atoms with Crippen LogP contribution in [0.1, 0.15) is 29.5 Å². The average Bonchev–Trinajstić information content (AvgIpc) is 3.24. The van der Waals surface area contributed by atoms with Crippen LogP contribution in [0.4, 0.5) is 0 Å². The molecule has 0 N–H and O–H groups in total. The molecule has 0 radical (unpaired) electrons. The van der Waals surface area contributed by atoms with Crippen LogP contribution in [0.3, 0.4) is 0 Å². The predicted molar refractivity (Wildman–Crippen MR) is 131 cm³/mol. The molecule has 1 aromatic heterocycles. The van der Waals surface area contributed by atoms with Crippen molar-refractivity contribution in [2.75, 3.05) is 26.3 Å². The zero-order valence-electron chi connectivity index (χ0n) is 20.5. The van der Waals surface area contributed by atoms with Crippen LogP contribution in [0.15, 0.2) is 52.9 Å². The number of oxazole rings is 1. The summed E-state index contributed by atoms with van der Waals surface area (Å²) in [6.07, 6.45) is 0. The first kappa shape index (κ1) is 25.8. The van der Waals surface area contributed by atoms with Gasteiger partial charge in [0.2, 0.25) is 5.89 Å². The van der Waals surface area contributed by atoms with E-state index in [0.717, 1.165) is 18.1 Å². The maximum atomic E-state index is 13.0. The topological polar surface area (TPSA) is 111 Å². The minimum Gasteiger partial charge on any atom is -0.487 e. The minimum absolute atomic E-state index is 0.137. The maximum absolute atomic E-state index is 13.0. The number of carbonyl (C=O) groups is 1. The Kier molecular flexibility index (Phi) is 8.04. The molecule has 0 spiro atoms. The first-order chi connectivity index (χ1) is 17.2. The fraction of sp³-hybridized carbons (Fsp3) is 0.360. The summed E-state index contributed by atoms with van der Waals surface area (Å²) in [5.41, 5.74) is 3.36. The van der Waals surface area contributed by atoms with Crippen molar-refractivity contribution in [2.45, 2.75) is 33.9 Å². The van der Waals surface area contributed by atoms with Crippen LogP contribution in [0, 0.1) is 13.8 Å². The van der Waals surface area contributed by atoms with E-state index in [-0.39, 0.29) is 39.5 Å². The van der Waals surface area contributed by atoms with Crippen LogP contribution >= 0.6 is 0 Å². The maximum Gasteiger partial charge on any atom is 0.323 e. The zero-order valence-corrected chi connectivity index (χ0v) is 21.3. The number of aryl methyl sites for hydroxylation is 2. The standard InChI is InChI=1S/C25H29N3O7S/c1-18-4-8-22(9-5-18)25-26-24(19(2)34-25)17-33-23-10-6-21(7-11-23)16-28(35-20(3)29)36(30,31)27-12-14-32-15-13-27/h4-11H,12-17H2,1-3H3. The number of morpholine rings is 1. The van der Waals surface area contributed by atoms with Crippen LogP contribution in [-0.2, 0) is 37.7 Å². The molecule has 192 valence electrons. The molecule has 1 aliphatic rings. The van der Waals surface area contributed by atoms with E-state index in [9.17, 15) is 13.2 Å². The van der Waals surface area contributed by atoms with Gasteiger partial charge >= 0.3 is 16.2 Å². The number of ether oxygens (including phenoxy) is 2. The molecule has 0 amide bonds. The normalized spacial score (nSPS) is 14.7. The number of nitrogens with zero attached hydrogens (tertiary/aromatic N) is 3. The van der Waals surface area contributed by atoms with Crippen molar-refractivity contribution in [3.63, 3.8) is 0 Å². The van der Waals surface area contributed by atoms with Crippen molar-refractivity contribution >= 4 is 16.2 Å². The predicted octanol–water partition coefficient (Wildman–Crippen LogP) is 3.39. The Hall–Kier alpha value is -3.25. The first-order valence-electron chi connectivity index (χ1n) is 11.5. The first-order valence-corrected chi connectivity index (χ1v) is 12.9. The lowest BCUT2D eigenvalue weighted by Gasteiger charge is -2.30.